The quantitative estimate of drug-likeness (QED) is 0.748. The third kappa shape index (κ3) is 2.59. The van der Waals surface area contributed by atoms with Crippen LogP contribution in [0.2, 0.25) is 0 Å². The van der Waals surface area contributed by atoms with Gasteiger partial charge in [0.15, 0.2) is 5.76 Å². The molecule has 0 radical (unpaired) electrons. The number of hydrogen-bond donors (Lipinski definition) is 1. The van der Waals surface area contributed by atoms with Gasteiger partial charge in [0.25, 0.3) is 5.91 Å². The number of carbonyl (C=O) groups excluding carboxylic acids is 1. The fourth-order valence-electron chi connectivity index (χ4n) is 1.02. The lowest BCUT2D eigenvalue weighted by molar-refractivity contribution is 0.0932. The second-order valence-electron chi connectivity index (χ2n) is 3.08. The number of nitrogens with zero attached hydrogens (tertiary/aromatic N) is 1. The molecule has 0 bridgehead atoms. The predicted molar refractivity (Wildman–Crippen MR) is 49.5 cm³/mol. The normalized spacial score (nSPS) is 10.5. The Morgan fingerprint density at radius 3 is 2.77 bits per heavy atom. The molecule has 72 valence electrons. The van der Waals surface area contributed by atoms with Gasteiger partial charge in [0.2, 0.25) is 0 Å². The molecule has 0 saturated carbocycles. The first kappa shape index (κ1) is 9.80. The van der Waals surface area contributed by atoms with E-state index in [2.05, 4.69) is 5.32 Å². The summed E-state index contributed by atoms with van der Waals surface area (Å²) in [6.45, 7) is 0.705. The van der Waals surface area contributed by atoms with E-state index in [0.29, 0.717) is 12.3 Å². The average molecular weight is 182 g/mol. The number of nitrogens with one attached hydrogen (secondary N) is 1. The lowest BCUT2D eigenvalue weighted by Gasteiger charge is -2.05. The molecule has 0 aliphatic carbocycles. The van der Waals surface area contributed by atoms with Gasteiger partial charge in [0.05, 0.1) is 6.54 Å². The molecule has 0 atom stereocenters. The largest absolute Gasteiger partial charge is 0.455 e. The van der Waals surface area contributed by atoms with Crippen LogP contribution in [0.4, 0.5) is 0 Å². The SMILES string of the molecule is CNC(=O)c1ccc(CN(C)C)o1. The van der Waals surface area contributed by atoms with Crippen molar-refractivity contribution in [2.24, 2.45) is 0 Å². The lowest BCUT2D eigenvalue weighted by Crippen LogP contribution is -2.16. The van der Waals surface area contributed by atoms with Crippen LogP contribution in [0.5, 0.6) is 0 Å². The van der Waals surface area contributed by atoms with E-state index in [1.54, 1.807) is 13.1 Å². The highest BCUT2D eigenvalue weighted by Gasteiger charge is 2.08. The summed E-state index contributed by atoms with van der Waals surface area (Å²) < 4.78 is 5.29. The van der Waals surface area contributed by atoms with Crippen LogP contribution >= 0.6 is 0 Å². The fraction of sp³-hybridized carbons (Fsp3) is 0.444. The summed E-state index contributed by atoms with van der Waals surface area (Å²) in [5, 5.41) is 2.50. The van der Waals surface area contributed by atoms with E-state index in [4.69, 9.17) is 4.42 Å². The molecular formula is C9H14N2O2. The molecule has 1 rings (SSSR count). The van der Waals surface area contributed by atoms with Gasteiger partial charge in [-0.15, -0.1) is 0 Å². The molecule has 0 aliphatic heterocycles. The first-order valence-corrected chi connectivity index (χ1v) is 4.09. The van der Waals surface area contributed by atoms with Crippen LogP contribution < -0.4 is 5.32 Å². The predicted octanol–water partition coefficient (Wildman–Crippen LogP) is 0.701. The number of furan rings is 1. The van der Waals surface area contributed by atoms with E-state index in [1.165, 1.54) is 0 Å². The first-order valence-electron chi connectivity index (χ1n) is 4.09. The summed E-state index contributed by atoms with van der Waals surface area (Å²) >= 11 is 0. The van der Waals surface area contributed by atoms with Crippen molar-refractivity contribution in [3.63, 3.8) is 0 Å². The van der Waals surface area contributed by atoms with Gasteiger partial charge >= 0.3 is 0 Å². The van der Waals surface area contributed by atoms with Crippen molar-refractivity contribution in [1.29, 1.82) is 0 Å². The molecule has 0 aromatic carbocycles. The second kappa shape index (κ2) is 4.09. The molecule has 0 saturated heterocycles. The molecule has 1 aromatic heterocycles. The standard InChI is InChI=1S/C9H14N2O2/c1-10-9(12)8-5-4-7(13-8)6-11(2)3/h4-5H,6H2,1-3H3,(H,10,12). The van der Waals surface area contributed by atoms with Gasteiger partial charge in [0, 0.05) is 7.05 Å². The highest BCUT2D eigenvalue weighted by Crippen LogP contribution is 2.08. The van der Waals surface area contributed by atoms with Crippen LogP contribution in [0.3, 0.4) is 0 Å². The van der Waals surface area contributed by atoms with Crippen LogP contribution in [-0.4, -0.2) is 32.0 Å². The molecule has 0 unspecified atom stereocenters. The van der Waals surface area contributed by atoms with E-state index in [0.717, 1.165) is 5.76 Å². The Labute approximate surface area is 77.5 Å². The Morgan fingerprint density at radius 2 is 2.23 bits per heavy atom. The van der Waals surface area contributed by atoms with Crippen molar-refractivity contribution in [2.45, 2.75) is 6.54 Å². The van der Waals surface area contributed by atoms with Gasteiger partial charge in [-0.1, -0.05) is 0 Å². The molecule has 0 aliphatic rings. The molecule has 4 nitrogen and oxygen atoms in total. The van der Waals surface area contributed by atoms with Crippen LogP contribution in [0.25, 0.3) is 0 Å². The van der Waals surface area contributed by atoms with Crippen LogP contribution in [0.1, 0.15) is 16.3 Å². The third-order valence-corrected chi connectivity index (χ3v) is 1.58. The van der Waals surface area contributed by atoms with Gasteiger partial charge in [-0.25, -0.2) is 0 Å². The van der Waals surface area contributed by atoms with Crippen molar-refractivity contribution in [3.05, 3.63) is 23.7 Å². The topological polar surface area (TPSA) is 45.5 Å². The van der Waals surface area contributed by atoms with E-state index >= 15 is 0 Å². The molecular weight excluding hydrogens is 168 g/mol. The fourth-order valence-corrected chi connectivity index (χ4v) is 1.02. The first-order chi connectivity index (χ1) is 6.13. The smallest absolute Gasteiger partial charge is 0.286 e. The monoisotopic (exact) mass is 182 g/mol. The molecule has 1 N–H and O–H groups in total. The summed E-state index contributed by atoms with van der Waals surface area (Å²) in [4.78, 5) is 13.1. The van der Waals surface area contributed by atoms with Gasteiger partial charge in [-0.3, -0.25) is 4.79 Å². The van der Waals surface area contributed by atoms with Crippen LogP contribution in [-0.2, 0) is 6.54 Å². The average Bonchev–Trinajstić information content (AvgIpc) is 2.50. The maximum Gasteiger partial charge on any atom is 0.286 e. The maximum atomic E-state index is 11.1. The zero-order valence-electron chi connectivity index (χ0n) is 8.13. The number of hydrogen-bond acceptors (Lipinski definition) is 3. The van der Waals surface area contributed by atoms with Gasteiger partial charge in [-0.05, 0) is 26.2 Å². The molecule has 0 fully saturated rings. The maximum absolute atomic E-state index is 11.1. The Bertz CT molecular complexity index is 292. The zero-order chi connectivity index (χ0) is 9.84. The lowest BCUT2D eigenvalue weighted by atomic mass is 10.4. The number of rotatable bonds is 3. The summed E-state index contributed by atoms with van der Waals surface area (Å²) in [5.41, 5.74) is 0. The van der Waals surface area contributed by atoms with Crippen molar-refractivity contribution in [3.8, 4) is 0 Å². The molecule has 1 aromatic rings. The number of amides is 1. The van der Waals surface area contributed by atoms with Gasteiger partial charge in [0.1, 0.15) is 5.76 Å². The van der Waals surface area contributed by atoms with E-state index in [9.17, 15) is 4.79 Å². The highest BCUT2D eigenvalue weighted by atomic mass is 16.4. The molecule has 1 heterocycles. The van der Waals surface area contributed by atoms with E-state index in [-0.39, 0.29) is 5.91 Å². The van der Waals surface area contributed by atoms with E-state index in [1.807, 2.05) is 25.1 Å². The van der Waals surface area contributed by atoms with Crippen molar-refractivity contribution in [1.82, 2.24) is 10.2 Å². The minimum absolute atomic E-state index is 0.190. The Morgan fingerprint density at radius 1 is 1.54 bits per heavy atom. The Hall–Kier alpha value is -1.29. The van der Waals surface area contributed by atoms with Crippen LogP contribution in [0, 0.1) is 0 Å². The van der Waals surface area contributed by atoms with Gasteiger partial charge < -0.3 is 14.6 Å². The molecule has 0 spiro atoms. The number of carbonyl (C=O) groups is 1. The van der Waals surface area contributed by atoms with Crippen LogP contribution in [0.15, 0.2) is 16.5 Å². The Kier molecular flexibility index (Phi) is 3.08. The summed E-state index contributed by atoms with van der Waals surface area (Å²) in [6.07, 6.45) is 0. The van der Waals surface area contributed by atoms with Crippen molar-refractivity contribution in [2.75, 3.05) is 21.1 Å². The minimum Gasteiger partial charge on any atom is -0.455 e. The minimum atomic E-state index is -0.190. The van der Waals surface area contributed by atoms with Gasteiger partial charge in [-0.2, -0.15) is 0 Å². The Balaban J connectivity index is 2.69. The zero-order valence-corrected chi connectivity index (χ0v) is 8.13. The molecule has 13 heavy (non-hydrogen) atoms. The summed E-state index contributed by atoms with van der Waals surface area (Å²) in [5.74, 6) is 0.966. The highest BCUT2D eigenvalue weighted by molar-refractivity contribution is 5.91. The third-order valence-electron chi connectivity index (χ3n) is 1.58. The summed E-state index contributed by atoms with van der Waals surface area (Å²) in [6, 6.07) is 3.49. The van der Waals surface area contributed by atoms with Crippen molar-refractivity contribution < 1.29 is 9.21 Å². The molecule has 4 heteroatoms. The van der Waals surface area contributed by atoms with Crippen molar-refractivity contribution >= 4 is 5.91 Å². The summed E-state index contributed by atoms with van der Waals surface area (Å²) in [7, 11) is 5.47. The second-order valence-corrected chi connectivity index (χ2v) is 3.08. The molecule has 1 amide bonds. The van der Waals surface area contributed by atoms with E-state index < -0.39 is 0 Å².